The van der Waals surface area contributed by atoms with Gasteiger partial charge in [0.15, 0.2) is 0 Å². The zero-order chi connectivity index (χ0) is 14.2. The Hall–Kier alpha value is -1.49. The van der Waals surface area contributed by atoms with Gasteiger partial charge in [-0.3, -0.25) is 0 Å². The number of nitrogens with zero attached hydrogens (tertiary/aromatic N) is 2. The molecule has 5 heteroatoms. The van der Waals surface area contributed by atoms with Crippen molar-refractivity contribution in [2.45, 2.75) is 13.8 Å². The lowest BCUT2D eigenvalue weighted by Gasteiger charge is -2.15. The quantitative estimate of drug-likeness (QED) is 0.867. The first-order valence-corrected chi connectivity index (χ1v) is 6.70. The molecular weight excluding hydrogens is 308 g/mol. The normalized spacial score (nSPS) is 10.6. The summed E-state index contributed by atoms with van der Waals surface area (Å²) in [5, 5.41) is 0. The number of methoxy groups -OCH3 is 2. The van der Waals surface area contributed by atoms with E-state index in [1.54, 1.807) is 14.2 Å². The van der Waals surface area contributed by atoms with E-state index in [9.17, 15) is 0 Å². The third-order valence-corrected chi connectivity index (χ3v) is 3.79. The Labute approximate surface area is 121 Å². The largest absolute Gasteiger partial charge is 0.497 e. The third-order valence-electron chi connectivity index (χ3n) is 3.24. The van der Waals surface area contributed by atoms with Crippen molar-refractivity contribution in [3.05, 3.63) is 28.1 Å². The fraction of sp³-hybridized carbons (Fsp3) is 0.357. The topological polar surface area (TPSA) is 36.3 Å². The summed E-state index contributed by atoms with van der Waals surface area (Å²) in [5.41, 5.74) is 3.12. The lowest BCUT2D eigenvalue weighted by molar-refractivity contribution is 0.394. The summed E-state index contributed by atoms with van der Waals surface area (Å²) in [7, 11) is 5.30. The Bertz CT molecular complexity index is 620. The third kappa shape index (κ3) is 2.34. The van der Waals surface area contributed by atoms with Crippen LogP contribution < -0.4 is 9.47 Å². The molecule has 2 aromatic rings. The van der Waals surface area contributed by atoms with E-state index in [0.717, 1.165) is 38.7 Å². The van der Waals surface area contributed by atoms with Crippen molar-refractivity contribution in [1.82, 2.24) is 9.55 Å². The van der Waals surface area contributed by atoms with E-state index in [1.165, 1.54) is 0 Å². The first kappa shape index (κ1) is 13.9. The molecule has 0 aliphatic rings. The Morgan fingerprint density at radius 2 is 1.84 bits per heavy atom. The molecule has 102 valence electrons. The predicted molar refractivity (Wildman–Crippen MR) is 78.9 cm³/mol. The van der Waals surface area contributed by atoms with Crippen molar-refractivity contribution in [3.8, 4) is 22.8 Å². The molecule has 19 heavy (non-hydrogen) atoms. The van der Waals surface area contributed by atoms with Crippen LogP contribution in [-0.4, -0.2) is 23.8 Å². The summed E-state index contributed by atoms with van der Waals surface area (Å²) < 4.78 is 13.6. The van der Waals surface area contributed by atoms with Crippen LogP contribution >= 0.6 is 15.9 Å². The molecule has 0 spiro atoms. The number of ether oxygens (including phenoxy) is 2. The zero-order valence-corrected chi connectivity index (χ0v) is 13.3. The SMILES string of the molecule is COc1cc(C)c(-c2c(Br)nc(C)n2C)c(OC)c1. The highest BCUT2D eigenvalue weighted by Gasteiger charge is 2.19. The maximum atomic E-state index is 5.50. The van der Waals surface area contributed by atoms with Gasteiger partial charge in [-0.2, -0.15) is 0 Å². The second-order valence-corrected chi connectivity index (χ2v) is 5.13. The van der Waals surface area contributed by atoms with Gasteiger partial charge < -0.3 is 14.0 Å². The fourth-order valence-electron chi connectivity index (χ4n) is 2.15. The molecule has 4 nitrogen and oxygen atoms in total. The first-order valence-electron chi connectivity index (χ1n) is 5.91. The Morgan fingerprint density at radius 3 is 2.32 bits per heavy atom. The van der Waals surface area contributed by atoms with E-state index < -0.39 is 0 Å². The van der Waals surface area contributed by atoms with E-state index in [-0.39, 0.29) is 0 Å². The average molecular weight is 325 g/mol. The van der Waals surface area contributed by atoms with Crippen LogP contribution in [0, 0.1) is 13.8 Å². The van der Waals surface area contributed by atoms with Crippen LogP contribution in [0.25, 0.3) is 11.3 Å². The molecule has 0 saturated heterocycles. The van der Waals surface area contributed by atoms with Crippen LogP contribution in [0.4, 0.5) is 0 Å². The molecule has 1 aromatic heterocycles. The molecule has 0 unspecified atom stereocenters. The second-order valence-electron chi connectivity index (χ2n) is 4.38. The van der Waals surface area contributed by atoms with Gasteiger partial charge >= 0.3 is 0 Å². The average Bonchev–Trinajstić information content (AvgIpc) is 2.63. The number of aryl methyl sites for hydroxylation is 2. The van der Waals surface area contributed by atoms with Gasteiger partial charge in [-0.1, -0.05) is 0 Å². The van der Waals surface area contributed by atoms with E-state index in [1.807, 2.05) is 37.6 Å². The van der Waals surface area contributed by atoms with Crippen LogP contribution in [0.15, 0.2) is 16.7 Å². The molecule has 1 heterocycles. The van der Waals surface area contributed by atoms with Crippen molar-refractivity contribution in [1.29, 1.82) is 0 Å². The minimum absolute atomic E-state index is 0.778. The van der Waals surface area contributed by atoms with Crippen molar-refractivity contribution >= 4 is 15.9 Å². The van der Waals surface area contributed by atoms with Gasteiger partial charge in [0.1, 0.15) is 21.9 Å². The molecule has 1 aromatic carbocycles. The Kier molecular flexibility index (Phi) is 3.85. The van der Waals surface area contributed by atoms with Crippen molar-refractivity contribution in [2.24, 2.45) is 7.05 Å². The molecule has 0 bridgehead atoms. The van der Waals surface area contributed by atoms with Crippen LogP contribution in [0.1, 0.15) is 11.4 Å². The standard InChI is InChI=1S/C14H17BrN2O2/c1-8-6-10(18-4)7-11(19-5)12(8)13-14(15)16-9(2)17(13)3/h6-7H,1-5H3. The second kappa shape index (κ2) is 5.25. The predicted octanol–water partition coefficient (Wildman–Crippen LogP) is 3.48. The van der Waals surface area contributed by atoms with E-state index in [2.05, 4.69) is 20.9 Å². The van der Waals surface area contributed by atoms with Gasteiger partial charge in [0.05, 0.1) is 19.9 Å². The Balaban J connectivity index is 2.74. The maximum absolute atomic E-state index is 5.50. The smallest absolute Gasteiger partial charge is 0.132 e. The van der Waals surface area contributed by atoms with Crippen LogP contribution in [-0.2, 0) is 7.05 Å². The molecule has 0 N–H and O–H groups in total. The van der Waals surface area contributed by atoms with Crippen molar-refractivity contribution in [3.63, 3.8) is 0 Å². The van der Waals surface area contributed by atoms with E-state index in [0.29, 0.717) is 0 Å². The molecular formula is C14H17BrN2O2. The fourth-order valence-corrected chi connectivity index (χ4v) is 2.87. The molecule has 0 aliphatic carbocycles. The number of rotatable bonds is 3. The van der Waals surface area contributed by atoms with E-state index in [4.69, 9.17) is 9.47 Å². The first-order chi connectivity index (χ1) is 8.99. The summed E-state index contributed by atoms with van der Waals surface area (Å²) in [6.07, 6.45) is 0. The molecule has 0 radical (unpaired) electrons. The van der Waals surface area contributed by atoms with Crippen molar-refractivity contribution < 1.29 is 9.47 Å². The maximum Gasteiger partial charge on any atom is 0.132 e. The lowest BCUT2D eigenvalue weighted by atomic mass is 10.0. The zero-order valence-electron chi connectivity index (χ0n) is 11.7. The summed E-state index contributed by atoms with van der Waals surface area (Å²) in [6.45, 7) is 4.01. The number of aromatic nitrogens is 2. The highest BCUT2D eigenvalue weighted by molar-refractivity contribution is 9.10. The lowest BCUT2D eigenvalue weighted by Crippen LogP contribution is -1.99. The molecule has 0 saturated carbocycles. The minimum atomic E-state index is 0.778. The highest BCUT2D eigenvalue weighted by atomic mass is 79.9. The summed E-state index contributed by atoms with van der Waals surface area (Å²) in [4.78, 5) is 4.44. The highest BCUT2D eigenvalue weighted by Crippen LogP contribution is 2.39. The Morgan fingerprint density at radius 1 is 1.16 bits per heavy atom. The number of hydrogen-bond donors (Lipinski definition) is 0. The van der Waals surface area contributed by atoms with Gasteiger partial charge in [-0.25, -0.2) is 4.98 Å². The van der Waals surface area contributed by atoms with Crippen LogP contribution in [0.2, 0.25) is 0 Å². The molecule has 0 atom stereocenters. The van der Waals surface area contributed by atoms with Gasteiger partial charge in [0, 0.05) is 18.7 Å². The molecule has 2 rings (SSSR count). The van der Waals surface area contributed by atoms with Gasteiger partial charge in [0.2, 0.25) is 0 Å². The molecule has 0 aliphatic heterocycles. The van der Waals surface area contributed by atoms with Crippen LogP contribution in [0.5, 0.6) is 11.5 Å². The van der Waals surface area contributed by atoms with Crippen LogP contribution in [0.3, 0.4) is 0 Å². The minimum Gasteiger partial charge on any atom is -0.497 e. The summed E-state index contributed by atoms with van der Waals surface area (Å²) in [5.74, 6) is 2.51. The molecule has 0 fully saturated rings. The van der Waals surface area contributed by atoms with E-state index >= 15 is 0 Å². The van der Waals surface area contributed by atoms with Crippen molar-refractivity contribution in [2.75, 3.05) is 14.2 Å². The number of imidazole rings is 1. The summed E-state index contributed by atoms with van der Waals surface area (Å²) >= 11 is 3.52. The molecule has 0 amide bonds. The van der Waals surface area contributed by atoms with Gasteiger partial charge in [-0.15, -0.1) is 0 Å². The number of halogens is 1. The van der Waals surface area contributed by atoms with Gasteiger partial charge in [-0.05, 0) is 41.4 Å². The number of hydrogen-bond acceptors (Lipinski definition) is 3. The van der Waals surface area contributed by atoms with Gasteiger partial charge in [0.25, 0.3) is 0 Å². The monoisotopic (exact) mass is 324 g/mol. The summed E-state index contributed by atoms with van der Waals surface area (Å²) in [6, 6.07) is 3.88. The number of benzene rings is 1.